The van der Waals surface area contributed by atoms with E-state index in [9.17, 15) is 14.9 Å². The van der Waals surface area contributed by atoms with Gasteiger partial charge in [-0.25, -0.2) is 0 Å². The number of hydrogen-bond donors (Lipinski definition) is 2. The second-order valence-electron chi connectivity index (χ2n) is 6.33. The van der Waals surface area contributed by atoms with E-state index in [1.807, 2.05) is 42.5 Å². The Hall–Kier alpha value is -3.78. The van der Waals surface area contributed by atoms with Crippen LogP contribution in [0.5, 0.6) is 5.75 Å². The number of thiocarbonyl (C=S) groups is 1. The van der Waals surface area contributed by atoms with E-state index in [1.54, 1.807) is 12.1 Å². The second kappa shape index (κ2) is 10.1. The summed E-state index contributed by atoms with van der Waals surface area (Å²) >= 11 is 5.17. The number of nitro groups is 1. The van der Waals surface area contributed by atoms with Crippen LogP contribution in [0, 0.1) is 10.1 Å². The molecule has 8 heteroatoms. The number of hydrogen-bond acceptors (Lipinski definition) is 5. The Morgan fingerprint density at radius 3 is 2.53 bits per heavy atom. The Morgan fingerprint density at radius 1 is 1.00 bits per heavy atom. The topological polar surface area (TPSA) is 93.5 Å². The first-order chi connectivity index (χ1) is 14.5. The molecule has 0 aliphatic rings. The summed E-state index contributed by atoms with van der Waals surface area (Å²) in [5.41, 5.74) is 1.82. The molecule has 0 aliphatic heterocycles. The highest BCUT2D eigenvalue weighted by atomic mass is 32.1. The van der Waals surface area contributed by atoms with Crippen molar-refractivity contribution in [3.63, 3.8) is 0 Å². The summed E-state index contributed by atoms with van der Waals surface area (Å²) in [6, 6.07) is 22.7. The van der Waals surface area contributed by atoms with E-state index in [-0.39, 0.29) is 16.4 Å². The summed E-state index contributed by atoms with van der Waals surface area (Å²) in [6.07, 6.45) is 0.788. The molecule has 30 heavy (non-hydrogen) atoms. The lowest BCUT2D eigenvalue weighted by molar-refractivity contribution is -0.384. The summed E-state index contributed by atoms with van der Waals surface area (Å²) in [7, 11) is 0. The highest BCUT2D eigenvalue weighted by Crippen LogP contribution is 2.18. The second-order valence-corrected chi connectivity index (χ2v) is 6.74. The number of benzene rings is 3. The third-order valence-electron chi connectivity index (χ3n) is 4.14. The lowest BCUT2D eigenvalue weighted by Crippen LogP contribution is -2.34. The average Bonchev–Trinajstić information content (AvgIpc) is 2.75. The molecular weight excluding hydrogens is 402 g/mol. The smallest absolute Gasteiger partial charge is 0.270 e. The van der Waals surface area contributed by atoms with Gasteiger partial charge in [-0.2, -0.15) is 0 Å². The molecular formula is C22H19N3O4S. The maximum absolute atomic E-state index is 12.3. The number of ether oxygens (including phenoxy) is 1. The van der Waals surface area contributed by atoms with Crippen molar-refractivity contribution in [2.75, 3.05) is 11.9 Å². The highest BCUT2D eigenvalue weighted by Gasteiger charge is 2.12. The zero-order valence-electron chi connectivity index (χ0n) is 15.9. The van der Waals surface area contributed by atoms with Crippen molar-refractivity contribution in [2.45, 2.75) is 6.42 Å². The number of nitrogens with one attached hydrogen (secondary N) is 2. The molecule has 0 bridgehead atoms. The normalized spacial score (nSPS) is 10.1. The quantitative estimate of drug-likeness (QED) is 0.335. The molecule has 0 aromatic heterocycles. The van der Waals surface area contributed by atoms with E-state index in [2.05, 4.69) is 10.6 Å². The van der Waals surface area contributed by atoms with Gasteiger partial charge >= 0.3 is 0 Å². The minimum atomic E-state index is -0.559. The van der Waals surface area contributed by atoms with E-state index in [0.717, 1.165) is 6.42 Å². The van der Waals surface area contributed by atoms with Crippen molar-refractivity contribution >= 4 is 34.6 Å². The molecule has 0 fully saturated rings. The summed E-state index contributed by atoms with van der Waals surface area (Å²) in [5.74, 6) is 0.134. The molecule has 3 rings (SSSR count). The van der Waals surface area contributed by atoms with Crippen LogP contribution in [0.25, 0.3) is 0 Å². The Morgan fingerprint density at radius 2 is 1.77 bits per heavy atom. The van der Waals surface area contributed by atoms with Crippen LogP contribution in [0.1, 0.15) is 15.9 Å². The third-order valence-corrected chi connectivity index (χ3v) is 4.34. The van der Waals surface area contributed by atoms with E-state index in [1.165, 1.54) is 29.8 Å². The van der Waals surface area contributed by atoms with Crippen LogP contribution in [0.4, 0.5) is 11.4 Å². The summed E-state index contributed by atoms with van der Waals surface area (Å²) in [5, 5.41) is 16.4. The molecule has 0 spiro atoms. The molecule has 0 heterocycles. The Balaban J connectivity index is 1.53. The molecule has 152 valence electrons. The molecule has 0 radical (unpaired) electrons. The lowest BCUT2D eigenvalue weighted by Gasteiger charge is -2.11. The first-order valence-corrected chi connectivity index (χ1v) is 9.56. The average molecular weight is 421 g/mol. The van der Waals surface area contributed by atoms with Crippen LogP contribution in [0.15, 0.2) is 78.9 Å². The maximum Gasteiger partial charge on any atom is 0.270 e. The van der Waals surface area contributed by atoms with Crippen molar-refractivity contribution in [3.8, 4) is 5.75 Å². The van der Waals surface area contributed by atoms with Gasteiger partial charge in [0, 0.05) is 35.9 Å². The Bertz CT molecular complexity index is 1060. The first-order valence-electron chi connectivity index (χ1n) is 9.15. The van der Waals surface area contributed by atoms with Crippen LogP contribution in [0.3, 0.4) is 0 Å². The number of nitrogens with zero attached hydrogens (tertiary/aromatic N) is 1. The number of anilines is 1. The van der Waals surface area contributed by atoms with E-state index < -0.39 is 10.8 Å². The Kier molecular flexibility index (Phi) is 7.07. The van der Waals surface area contributed by atoms with Crippen LogP contribution < -0.4 is 15.4 Å². The molecule has 3 aromatic carbocycles. The fourth-order valence-corrected chi connectivity index (χ4v) is 2.90. The molecule has 0 aliphatic carbocycles. The van der Waals surface area contributed by atoms with Crippen LogP contribution in [-0.4, -0.2) is 22.5 Å². The van der Waals surface area contributed by atoms with Gasteiger partial charge < -0.3 is 10.1 Å². The zero-order valence-corrected chi connectivity index (χ0v) is 16.7. The number of carbonyl (C=O) groups excluding carboxylic acids is 1. The van der Waals surface area contributed by atoms with Gasteiger partial charge in [0.2, 0.25) is 0 Å². The summed E-state index contributed by atoms with van der Waals surface area (Å²) in [4.78, 5) is 22.6. The number of non-ortho nitro benzene ring substituents is 1. The van der Waals surface area contributed by atoms with Gasteiger partial charge in [0.1, 0.15) is 5.75 Å². The number of carbonyl (C=O) groups is 1. The van der Waals surface area contributed by atoms with Crippen LogP contribution in [-0.2, 0) is 6.42 Å². The molecule has 0 atom stereocenters. The number of amides is 1. The van der Waals surface area contributed by atoms with Gasteiger partial charge in [0.15, 0.2) is 5.11 Å². The maximum atomic E-state index is 12.3. The minimum absolute atomic E-state index is 0.0768. The van der Waals surface area contributed by atoms with Crippen molar-refractivity contribution in [1.82, 2.24) is 5.32 Å². The van der Waals surface area contributed by atoms with Gasteiger partial charge in [-0.1, -0.05) is 42.5 Å². The largest absolute Gasteiger partial charge is 0.493 e. The van der Waals surface area contributed by atoms with Gasteiger partial charge in [-0.15, -0.1) is 0 Å². The van der Waals surface area contributed by atoms with Crippen molar-refractivity contribution < 1.29 is 14.5 Å². The van der Waals surface area contributed by atoms with E-state index in [4.69, 9.17) is 17.0 Å². The lowest BCUT2D eigenvalue weighted by atomic mass is 10.2. The van der Waals surface area contributed by atoms with Crippen LogP contribution in [0.2, 0.25) is 0 Å². The monoisotopic (exact) mass is 421 g/mol. The van der Waals surface area contributed by atoms with Gasteiger partial charge in [-0.3, -0.25) is 20.2 Å². The van der Waals surface area contributed by atoms with Crippen molar-refractivity contribution in [2.24, 2.45) is 0 Å². The van der Waals surface area contributed by atoms with Gasteiger partial charge in [0.25, 0.3) is 11.6 Å². The van der Waals surface area contributed by atoms with Crippen molar-refractivity contribution in [3.05, 3.63) is 100 Å². The zero-order chi connectivity index (χ0) is 21.3. The fourth-order valence-electron chi connectivity index (χ4n) is 2.69. The molecule has 7 nitrogen and oxygen atoms in total. The molecule has 0 unspecified atom stereocenters. The van der Waals surface area contributed by atoms with Gasteiger partial charge in [-0.05, 0) is 36.0 Å². The highest BCUT2D eigenvalue weighted by molar-refractivity contribution is 7.80. The van der Waals surface area contributed by atoms with E-state index in [0.29, 0.717) is 18.0 Å². The summed E-state index contributed by atoms with van der Waals surface area (Å²) in [6.45, 7) is 0.529. The molecule has 1 amide bonds. The first kappa shape index (κ1) is 20.9. The third kappa shape index (κ3) is 6.11. The molecule has 0 saturated heterocycles. The van der Waals surface area contributed by atoms with Crippen molar-refractivity contribution in [1.29, 1.82) is 0 Å². The van der Waals surface area contributed by atoms with E-state index >= 15 is 0 Å². The molecule has 3 aromatic rings. The minimum Gasteiger partial charge on any atom is -0.493 e. The standard InChI is InChI=1S/C22H19N3O4S/c26-21(17-8-4-10-19(14-17)25(27)28)24-22(30)23-18-9-5-11-20(15-18)29-13-12-16-6-2-1-3-7-16/h1-11,14-15H,12-13H2,(H2,23,24,26,30). The molecule has 0 saturated carbocycles. The SMILES string of the molecule is O=C(NC(=S)Nc1cccc(OCCc2ccccc2)c1)c1cccc([N+](=O)[O-])c1. The molecule has 2 N–H and O–H groups in total. The Labute approximate surface area is 178 Å². The number of nitro benzene ring substituents is 1. The predicted octanol–water partition coefficient (Wildman–Crippen LogP) is 4.34. The van der Waals surface area contributed by atoms with Gasteiger partial charge in [0.05, 0.1) is 11.5 Å². The number of rotatable bonds is 7. The van der Waals surface area contributed by atoms with Crippen LogP contribution >= 0.6 is 12.2 Å². The fraction of sp³-hybridized carbons (Fsp3) is 0.0909. The predicted molar refractivity (Wildman–Crippen MR) is 119 cm³/mol. The summed E-state index contributed by atoms with van der Waals surface area (Å²) < 4.78 is 5.78.